The highest BCUT2D eigenvalue weighted by atomic mass is 19.4. The Kier molecular flexibility index (Phi) is 3.66. The van der Waals surface area contributed by atoms with Crippen LogP contribution in [-0.2, 0) is 6.18 Å². The van der Waals surface area contributed by atoms with Crippen molar-refractivity contribution >= 4 is 6.08 Å². The zero-order valence-electron chi connectivity index (χ0n) is 11.4. The van der Waals surface area contributed by atoms with Gasteiger partial charge in [0.2, 0.25) is 0 Å². The van der Waals surface area contributed by atoms with Crippen molar-refractivity contribution in [2.45, 2.75) is 18.4 Å². The fourth-order valence-electron chi connectivity index (χ4n) is 2.47. The summed E-state index contributed by atoms with van der Waals surface area (Å²) in [6.45, 7) is 0. The molecule has 0 aromatic heterocycles. The van der Waals surface area contributed by atoms with Crippen molar-refractivity contribution in [1.82, 2.24) is 0 Å². The molecule has 114 valence electrons. The maximum Gasteiger partial charge on any atom is 0.419 e. The highest BCUT2D eigenvalue weighted by molar-refractivity contribution is 5.58. The first-order chi connectivity index (χ1) is 10.5. The van der Waals surface area contributed by atoms with E-state index in [1.165, 1.54) is 18.2 Å². The fraction of sp³-hybridized carbons (Fsp3) is 0.176. The molecule has 1 aliphatic rings. The Hall–Kier alpha value is -2.27. The molecule has 1 aliphatic carbocycles. The summed E-state index contributed by atoms with van der Waals surface area (Å²) in [5, 5.41) is 10.3. The van der Waals surface area contributed by atoms with Crippen LogP contribution in [0, 0.1) is 0 Å². The summed E-state index contributed by atoms with van der Waals surface area (Å²) in [5.74, 6) is -0.289. The Morgan fingerprint density at radius 3 is 2.41 bits per heavy atom. The predicted octanol–water partition coefficient (Wildman–Crippen LogP) is 4.21. The molecule has 0 saturated heterocycles. The number of aliphatic hydroxyl groups is 1. The zero-order chi connectivity index (χ0) is 15.7. The molecule has 2 aromatic rings. The third kappa shape index (κ3) is 2.72. The van der Waals surface area contributed by atoms with E-state index in [1.807, 2.05) is 12.1 Å². The van der Waals surface area contributed by atoms with Gasteiger partial charge in [-0.1, -0.05) is 42.5 Å². The third-order valence-corrected chi connectivity index (χ3v) is 3.55. The van der Waals surface area contributed by atoms with Gasteiger partial charge in [-0.25, -0.2) is 0 Å². The van der Waals surface area contributed by atoms with Crippen LogP contribution in [0.15, 0.2) is 54.6 Å². The van der Waals surface area contributed by atoms with E-state index in [9.17, 15) is 18.3 Å². The Bertz CT molecular complexity index is 707. The predicted molar refractivity (Wildman–Crippen MR) is 76.3 cm³/mol. The molecule has 2 atom stereocenters. The van der Waals surface area contributed by atoms with E-state index in [1.54, 1.807) is 24.3 Å². The standard InChI is InChI=1S/C17H13F3O2/c18-17(19,20)13-7-3-4-8-14(13)22-15-10-9-11-5-1-2-6-12(11)16(15)21/h1-10,15-16,21H/t15-,16-/m1/s1. The third-order valence-electron chi connectivity index (χ3n) is 3.55. The van der Waals surface area contributed by atoms with Gasteiger partial charge in [0.1, 0.15) is 18.0 Å². The first kappa shape index (κ1) is 14.7. The van der Waals surface area contributed by atoms with Gasteiger partial charge in [0.05, 0.1) is 5.56 Å². The van der Waals surface area contributed by atoms with Crippen LogP contribution >= 0.6 is 0 Å². The molecule has 0 heterocycles. The molecular weight excluding hydrogens is 293 g/mol. The summed E-state index contributed by atoms with van der Waals surface area (Å²) in [6, 6.07) is 12.1. The highest BCUT2D eigenvalue weighted by Gasteiger charge is 2.35. The van der Waals surface area contributed by atoms with E-state index in [0.29, 0.717) is 5.56 Å². The smallest absolute Gasteiger partial charge is 0.419 e. The zero-order valence-corrected chi connectivity index (χ0v) is 11.4. The Labute approximate surface area is 125 Å². The molecule has 0 spiro atoms. The van der Waals surface area contributed by atoms with Crippen molar-refractivity contribution in [3.8, 4) is 5.75 Å². The van der Waals surface area contributed by atoms with E-state index in [2.05, 4.69) is 0 Å². The number of ether oxygens (including phenoxy) is 1. The van der Waals surface area contributed by atoms with Crippen LogP contribution in [-0.4, -0.2) is 11.2 Å². The number of para-hydroxylation sites is 1. The van der Waals surface area contributed by atoms with Crippen molar-refractivity contribution in [1.29, 1.82) is 0 Å². The summed E-state index contributed by atoms with van der Waals surface area (Å²) >= 11 is 0. The van der Waals surface area contributed by atoms with Crippen molar-refractivity contribution in [2.75, 3.05) is 0 Å². The molecule has 0 bridgehead atoms. The number of alkyl halides is 3. The SMILES string of the molecule is O[C@@H]1c2ccccc2C=C[C@H]1Oc1ccccc1C(F)(F)F. The molecule has 22 heavy (non-hydrogen) atoms. The Balaban J connectivity index is 1.90. The molecule has 2 nitrogen and oxygen atoms in total. The van der Waals surface area contributed by atoms with Gasteiger partial charge in [0, 0.05) is 0 Å². The van der Waals surface area contributed by atoms with Gasteiger partial charge in [0.25, 0.3) is 0 Å². The molecule has 3 rings (SSSR count). The van der Waals surface area contributed by atoms with Crippen LogP contribution in [0.4, 0.5) is 13.2 Å². The Morgan fingerprint density at radius 2 is 1.64 bits per heavy atom. The van der Waals surface area contributed by atoms with Crippen LogP contribution in [0.3, 0.4) is 0 Å². The van der Waals surface area contributed by atoms with Crippen LogP contribution in [0.1, 0.15) is 22.8 Å². The lowest BCUT2D eigenvalue weighted by Crippen LogP contribution is -2.27. The summed E-state index contributed by atoms with van der Waals surface area (Å²) in [4.78, 5) is 0. The van der Waals surface area contributed by atoms with Crippen molar-refractivity contribution in [3.63, 3.8) is 0 Å². The van der Waals surface area contributed by atoms with Crippen LogP contribution in [0.5, 0.6) is 5.75 Å². The van der Waals surface area contributed by atoms with Gasteiger partial charge in [-0.2, -0.15) is 13.2 Å². The molecular formula is C17H13F3O2. The fourth-order valence-corrected chi connectivity index (χ4v) is 2.47. The maximum atomic E-state index is 13.0. The number of fused-ring (bicyclic) bond motifs is 1. The summed E-state index contributed by atoms with van der Waals surface area (Å²) in [5.41, 5.74) is 0.618. The van der Waals surface area contributed by atoms with Crippen LogP contribution < -0.4 is 4.74 Å². The van der Waals surface area contributed by atoms with Gasteiger partial charge in [0.15, 0.2) is 0 Å². The molecule has 5 heteroatoms. The first-order valence-electron chi connectivity index (χ1n) is 6.75. The van der Waals surface area contributed by atoms with Crippen LogP contribution in [0.25, 0.3) is 6.08 Å². The summed E-state index contributed by atoms with van der Waals surface area (Å²) < 4.78 is 44.4. The lowest BCUT2D eigenvalue weighted by atomic mass is 9.93. The lowest BCUT2D eigenvalue weighted by Gasteiger charge is -2.27. The number of aliphatic hydroxyl groups excluding tert-OH is 1. The normalized spacial score (nSPS) is 20.5. The quantitative estimate of drug-likeness (QED) is 0.900. The molecule has 0 unspecified atom stereocenters. The second-order valence-corrected chi connectivity index (χ2v) is 5.01. The minimum absolute atomic E-state index is 0.289. The maximum absolute atomic E-state index is 13.0. The molecule has 1 N–H and O–H groups in total. The van der Waals surface area contributed by atoms with E-state index < -0.39 is 23.9 Å². The summed E-state index contributed by atoms with van der Waals surface area (Å²) in [7, 11) is 0. The lowest BCUT2D eigenvalue weighted by molar-refractivity contribution is -0.139. The molecule has 0 aliphatic heterocycles. The number of halogens is 3. The van der Waals surface area contributed by atoms with Gasteiger partial charge in [-0.05, 0) is 29.3 Å². The minimum Gasteiger partial charge on any atom is -0.483 e. The van der Waals surface area contributed by atoms with Crippen LogP contribution in [0.2, 0.25) is 0 Å². The molecule has 0 amide bonds. The monoisotopic (exact) mass is 306 g/mol. The number of benzene rings is 2. The average Bonchev–Trinajstić information content (AvgIpc) is 2.50. The van der Waals surface area contributed by atoms with Gasteiger partial charge < -0.3 is 9.84 Å². The van der Waals surface area contributed by atoms with E-state index in [-0.39, 0.29) is 5.75 Å². The number of hydrogen-bond donors (Lipinski definition) is 1. The topological polar surface area (TPSA) is 29.5 Å². The molecule has 0 radical (unpaired) electrons. The molecule has 0 fully saturated rings. The second-order valence-electron chi connectivity index (χ2n) is 5.01. The van der Waals surface area contributed by atoms with E-state index in [0.717, 1.165) is 11.6 Å². The number of rotatable bonds is 2. The van der Waals surface area contributed by atoms with Crippen molar-refractivity contribution in [3.05, 3.63) is 71.3 Å². The summed E-state index contributed by atoms with van der Waals surface area (Å²) in [6.07, 6.45) is -3.07. The Morgan fingerprint density at radius 1 is 0.955 bits per heavy atom. The van der Waals surface area contributed by atoms with Crippen molar-refractivity contribution in [2.24, 2.45) is 0 Å². The highest BCUT2D eigenvalue weighted by Crippen LogP contribution is 2.38. The van der Waals surface area contributed by atoms with Gasteiger partial charge >= 0.3 is 6.18 Å². The second kappa shape index (κ2) is 5.50. The molecule has 0 saturated carbocycles. The first-order valence-corrected chi connectivity index (χ1v) is 6.75. The van der Waals surface area contributed by atoms with E-state index in [4.69, 9.17) is 4.74 Å². The minimum atomic E-state index is -4.50. The molecule has 2 aromatic carbocycles. The van der Waals surface area contributed by atoms with Gasteiger partial charge in [-0.3, -0.25) is 0 Å². The largest absolute Gasteiger partial charge is 0.483 e. The average molecular weight is 306 g/mol. The van der Waals surface area contributed by atoms with Gasteiger partial charge in [-0.15, -0.1) is 0 Å². The van der Waals surface area contributed by atoms with Crippen molar-refractivity contribution < 1.29 is 23.0 Å². The van der Waals surface area contributed by atoms with E-state index >= 15 is 0 Å². The number of hydrogen-bond acceptors (Lipinski definition) is 2.